The second kappa shape index (κ2) is 7.13. The lowest BCUT2D eigenvalue weighted by molar-refractivity contribution is -0.140. The smallest absolute Gasteiger partial charge is 0.335 e. The lowest BCUT2D eigenvalue weighted by atomic mass is 10.1. The number of rotatable bonds is 5. The summed E-state index contributed by atoms with van der Waals surface area (Å²) >= 11 is 0. The first-order valence-corrected chi connectivity index (χ1v) is 5.89. The van der Waals surface area contributed by atoms with E-state index in [1.807, 2.05) is 0 Å². The highest BCUT2D eigenvalue weighted by molar-refractivity contribution is 5.94. The predicted octanol–water partition coefficient (Wildman–Crippen LogP) is 1.38. The van der Waals surface area contributed by atoms with Crippen molar-refractivity contribution < 1.29 is 24.2 Å². The average Bonchev–Trinajstić information content (AvgIpc) is 2.40. The number of methoxy groups -OCH3 is 1. The number of urea groups is 1. The van der Waals surface area contributed by atoms with Crippen LogP contribution in [0.1, 0.15) is 22.3 Å². The van der Waals surface area contributed by atoms with Gasteiger partial charge in [-0.05, 0) is 24.6 Å². The van der Waals surface area contributed by atoms with E-state index >= 15 is 0 Å². The zero-order chi connectivity index (χ0) is 15.1. The molecule has 0 aliphatic carbocycles. The van der Waals surface area contributed by atoms with Crippen LogP contribution in [0.4, 0.5) is 10.5 Å². The Hall–Kier alpha value is -2.57. The number of hydrogen-bond donors (Lipinski definition) is 3. The van der Waals surface area contributed by atoms with Gasteiger partial charge >= 0.3 is 18.0 Å². The highest BCUT2D eigenvalue weighted by Crippen LogP contribution is 2.16. The Balaban J connectivity index is 2.59. The molecule has 1 rings (SSSR count). The van der Waals surface area contributed by atoms with Crippen LogP contribution in [0.3, 0.4) is 0 Å². The number of carboxylic acid groups (broad SMARTS) is 1. The Bertz CT molecular complexity index is 527. The van der Waals surface area contributed by atoms with E-state index in [1.54, 1.807) is 13.0 Å². The second-order valence-electron chi connectivity index (χ2n) is 4.04. The number of aromatic carboxylic acids is 1. The van der Waals surface area contributed by atoms with Gasteiger partial charge < -0.3 is 20.5 Å². The Kier molecular flexibility index (Phi) is 5.52. The van der Waals surface area contributed by atoms with Crippen LogP contribution in [0.5, 0.6) is 0 Å². The van der Waals surface area contributed by atoms with Gasteiger partial charge in [-0.3, -0.25) is 4.79 Å². The number of nitrogens with one attached hydrogen (secondary N) is 2. The monoisotopic (exact) mass is 280 g/mol. The SMILES string of the molecule is COC(=O)CCNC(=O)Nc1cc(C(=O)O)ccc1C. The van der Waals surface area contributed by atoms with Crippen molar-refractivity contribution in [3.05, 3.63) is 29.3 Å². The summed E-state index contributed by atoms with van der Waals surface area (Å²) in [5.41, 5.74) is 1.22. The van der Waals surface area contributed by atoms with Crippen LogP contribution in [0, 0.1) is 6.92 Å². The molecule has 0 saturated carbocycles. The Labute approximate surface area is 115 Å². The molecule has 0 atom stereocenters. The summed E-state index contributed by atoms with van der Waals surface area (Å²) in [4.78, 5) is 33.3. The van der Waals surface area contributed by atoms with Crippen molar-refractivity contribution in [3.8, 4) is 0 Å². The lowest BCUT2D eigenvalue weighted by Gasteiger charge is -2.10. The van der Waals surface area contributed by atoms with Gasteiger partial charge in [0, 0.05) is 12.2 Å². The maximum absolute atomic E-state index is 11.6. The number of carbonyl (C=O) groups is 3. The highest BCUT2D eigenvalue weighted by Gasteiger charge is 2.09. The minimum absolute atomic E-state index is 0.0675. The van der Waals surface area contributed by atoms with Crippen molar-refractivity contribution in [2.24, 2.45) is 0 Å². The number of benzene rings is 1. The molecule has 0 aromatic heterocycles. The molecule has 3 N–H and O–H groups in total. The maximum Gasteiger partial charge on any atom is 0.335 e. The van der Waals surface area contributed by atoms with E-state index in [2.05, 4.69) is 15.4 Å². The molecular weight excluding hydrogens is 264 g/mol. The number of carboxylic acids is 1. The fraction of sp³-hybridized carbons (Fsp3) is 0.308. The van der Waals surface area contributed by atoms with Gasteiger partial charge in [-0.25, -0.2) is 9.59 Å². The number of ether oxygens (including phenoxy) is 1. The molecule has 0 radical (unpaired) electrons. The van der Waals surface area contributed by atoms with Crippen LogP contribution in [-0.2, 0) is 9.53 Å². The Morgan fingerprint density at radius 2 is 2.00 bits per heavy atom. The van der Waals surface area contributed by atoms with Crippen molar-refractivity contribution in [3.63, 3.8) is 0 Å². The Morgan fingerprint density at radius 3 is 2.60 bits per heavy atom. The summed E-state index contributed by atoms with van der Waals surface area (Å²) in [6.07, 6.45) is 0.0675. The number of anilines is 1. The van der Waals surface area contributed by atoms with Crippen LogP contribution < -0.4 is 10.6 Å². The third-order valence-corrected chi connectivity index (χ3v) is 2.58. The number of amides is 2. The molecule has 7 heteroatoms. The molecular formula is C13H16N2O5. The lowest BCUT2D eigenvalue weighted by Crippen LogP contribution is -2.31. The molecule has 2 amide bonds. The van der Waals surface area contributed by atoms with E-state index in [4.69, 9.17) is 5.11 Å². The van der Waals surface area contributed by atoms with Crippen molar-refractivity contribution in [2.45, 2.75) is 13.3 Å². The molecule has 0 unspecified atom stereocenters. The van der Waals surface area contributed by atoms with Gasteiger partial charge in [0.15, 0.2) is 0 Å². The third-order valence-electron chi connectivity index (χ3n) is 2.58. The number of aryl methyl sites for hydroxylation is 1. The quantitative estimate of drug-likeness (QED) is 0.707. The molecule has 0 spiro atoms. The van der Waals surface area contributed by atoms with Gasteiger partial charge in [0.2, 0.25) is 0 Å². The van der Waals surface area contributed by atoms with Gasteiger partial charge in [0.25, 0.3) is 0 Å². The van der Waals surface area contributed by atoms with Gasteiger partial charge in [0.05, 0.1) is 19.1 Å². The summed E-state index contributed by atoms with van der Waals surface area (Å²) in [6.45, 7) is 1.88. The van der Waals surface area contributed by atoms with Crippen molar-refractivity contribution >= 4 is 23.7 Å². The van der Waals surface area contributed by atoms with Crippen LogP contribution in [0.2, 0.25) is 0 Å². The van der Waals surface area contributed by atoms with Crippen molar-refractivity contribution in [2.75, 3.05) is 19.0 Å². The summed E-state index contributed by atoms with van der Waals surface area (Å²) in [7, 11) is 1.27. The van der Waals surface area contributed by atoms with Gasteiger partial charge in [0.1, 0.15) is 0 Å². The molecule has 1 aromatic rings. The molecule has 0 bridgehead atoms. The minimum Gasteiger partial charge on any atom is -0.478 e. The molecule has 0 saturated heterocycles. The standard InChI is InChI=1S/C13H16N2O5/c1-8-3-4-9(12(17)18)7-10(8)15-13(19)14-6-5-11(16)20-2/h3-4,7H,5-6H2,1-2H3,(H,17,18)(H2,14,15,19). The first-order chi connectivity index (χ1) is 9.43. The van der Waals surface area contributed by atoms with E-state index in [0.29, 0.717) is 5.69 Å². The third kappa shape index (κ3) is 4.60. The average molecular weight is 280 g/mol. The molecule has 0 fully saturated rings. The predicted molar refractivity (Wildman–Crippen MR) is 71.8 cm³/mol. The number of carbonyl (C=O) groups excluding carboxylic acids is 2. The minimum atomic E-state index is -1.07. The molecule has 108 valence electrons. The van der Waals surface area contributed by atoms with Gasteiger partial charge in [-0.1, -0.05) is 6.07 Å². The summed E-state index contributed by atoms with van der Waals surface area (Å²) in [5, 5.41) is 13.9. The molecule has 0 aliphatic heterocycles. The largest absolute Gasteiger partial charge is 0.478 e. The number of hydrogen-bond acceptors (Lipinski definition) is 4. The Morgan fingerprint density at radius 1 is 1.30 bits per heavy atom. The zero-order valence-corrected chi connectivity index (χ0v) is 11.2. The maximum atomic E-state index is 11.6. The van der Waals surface area contributed by atoms with Crippen molar-refractivity contribution in [1.29, 1.82) is 0 Å². The van der Waals surface area contributed by atoms with E-state index in [1.165, 1.54) is 19.2 Å². The van der Waals surface area contributed by atoms with E-state index < -0.39 is 18.0 Å². The first-order valence-electron chi connectivity index (χ1n) is 5.89. The molecule has 1 aromatic carbocycles. The highest BCUT2D eigenvalue weighted by atomic mass is 16.5. The van der Waals surface area contributed by atoms with Crippen molar-refractivity contribution in [1.82, 2.24) is 5.32 Å². The van der Waals surface area contributed by atoms with Crippen LogP contribution in [0.25, 0.3) is 0 Å². The topological polar surface area (TPSA) is 105 Å². The first kappa shape index (κ1) is 15.5. The van der Waals surface area contributed by atoms with E-state index in [-0.39, 0.29) is 18.5 Å². The zero-order valence-electron chi connectivity index (χ0n) is 11.2. The van der Waals surface area contributed by atoms with Gasteiger partial charge in [-0.2, -0.15) is 0 Å². The van der Waals surface area contributed by atoms with E-state index in [9.17, 15) is 14.4 Å². The molecule has 0 aliphatic rings. The van der Waals surface area contributed by atoms with Crippen LogP contribution in [0.15, 0.2) is 18.2 Å². The summed E-state index contributed by atoms with van der Waals surface area (Å²) < 4.78 is 4.44. The molecule has 7 nitrogen and oxygen atoms in total. The fourth-order valence-electron chi connectivity index (χ4n) is 1.44. The fourth-order valence-corrected chi connectivity index (χ4v) is 1.44. The van der Waals surface area contributed by atoms with E-state index in [0.717, 1.165) is 5.56 Å². The van der Waals surface area contributed by atoms with Crippen LogP contribution >= 0.6 is 0 Å². The molecule has 0 heterocycles. The number of esters is 1. The summed E-state index contributed by atoms with van der Waals surface area (Å²) in [6, 6.07) is 3.92. The van der Waals surface area contributed by atoms with Crippen LogP contribution in [-0.4, -0.2) is 36.7 Å². The molecule has 20 heavy (non-hydrogen) atoms. The van der Waals surface area contributed by atoms with Gasteiger partial charge in [-0.15, -0.1) is 0 Å². The second-order valence-corrected chi connectivity index (χ2v) is 4.04. The summed E-state index contributed by atoms with van der Waals surface area (Å²) in [5.74, 6) is -1.49. The normalized spacial score (nSPS) is 9.70.